The van der Waals surface area contributed by atoms with Crippen LogP contribution in [0.25, 0.3) is 16.6 Å². The average molecular weight is 537 g/mol. The number of unbranched alkanes of at least 4 members (excludes halogenated alkanes) is 1. The third kappa shape index (κ3) is 5.47. The first kappa shape index (κ1) is 26.7. The van der Waals surface area contributed by atoms with E-state index in [2.05, 4.69) is 35.1 Å². The van der Waals surface area contributed by atoms with E-state index in [0.29, 0.717) is 35.7 Å². The number of H-pyrrole nitrogens is 2. The lowest BCUT2D eigenvalue weighted by Crippen LogP contribution is -2.33. The van der Waals surface area contributed by atoms with Crippen molar-refractivity contribution in [2.45, 2.75) is 32.6 Å². The molecule has 0 atom stereocenters. The summed E-state index contributed by atoms with van der Waals surface area (Å²) in [6, 6.07) is 22.3. The van der Waals surface area contributed by atoms with Gasteiger partial charge in [-0.1, -0.05) is 49.7 Å². The number of aromatic hydroxyl groups is 1. The van der Waals surface area contributed by atoms with E-state index in [1.54, 1.807) is 31.4 Å². The van der Waals surface area contributed by atoms with Gasteiger partial charge in [-0.3, -0.25) is 14.8 Å². The Morgan fingerprint density at radius 3 is 2.50 bits per heavy atom. The zero-order valence-electron chi connectivity index (χ0n) is 22.6. The molecule has 0 saturated heterocycles. The van der Waals surface area contributed by atoms with Crippen molar-refractivity contribution in [3.8, 4) is 17.3 Å². The minimum Gasteiger partial charge on any atom is -0.497 e. The second-order valence-corrected chi connectivity index (χ2v) is 9.64. The van der Waals surface area contributed by atoms with Crippen molar-refractivity contribution in [1.82, 2.24) is 14.5 Å². The van der Waals surface area contributed by atoms with Crippen LogP contribution < -0.4 is 16.0 Å². The van der Waals surface area contributed by atoms with Crippen molar-refractivity contribution < 1.29 is 9.84 Å². The lowest BCUT2D eigenvalue weighted by molar-refractivity contribution is 0.414. The van der Waals surface area contributed by atoms with Gasteiger partial charge in [-0.25, -0.2) is 9.36 Å². The van der Waals surface area contributed by atoms with E-state index in [1.807, 2.05) is 36.5 Å². The largest absolute Gasteiger partial charge is 0.497 e. The molecule has 0 fully saturated rings. The predicted octanol–water partition coefficient (Wildman–Crippen LogP) is 5.14. The molecule has 0 aliphatic heterocycles. The second-order valence-electron chi connectivity index (χ2n) is 9.64. The van der Waals surface area contributed by atoms with E-state index in [0.717, 1.165) is 34.9 Å². The zero-order chi connectivity index (χ0) is 28.1. The van der Waals surface area contributed by atoms with Gasteiger partial charge in [0, 0.05) is 29.2 Å². The summed E-state index contributed by atoms with van der Waals surface area (Å²) in [5.74, 6) is 0.122. The van der Waals surface area contributed by atoms with E-state index in [1.165, 1.54) is 10.9 Å². The molecule has 40 heavy (non-hydrogen) atoms. The van der Waals surface area contributed by atoms with Gasteiger partial charge in [0.25, 0.3) is 5.56 Å². The Balaban J connectivity index is 1.54. The molecule has 8 nitrogen and oxygen atoms in total. The molecule has 3 aromatic carbocycles. The lowest BCUT2D eigenvalue weighted by Gasteiger charge is -2.14. The summed E-state index contributed by atoms with van der Waals surface area (Å²) >= 11 is 0. The highest BCUT2D eigenvalue weighted by Crippen LogP contribution is 2.24. The van der Waals surface area contributed by atoms with Crippen LogP contribution in [0.2, 0.25) is 0 Å². The summed E-state index contributed by atoms with van der Waals surface area (Å²) in [6.07, 6.45) is 5.96. The number of benzene rings is 3. The average Bonchev–Trinajstić information content (AvgIpc) is 3.38. The summed E-state index contributed by atoms with van der Waals surface area (Å²) in [5.41, 5.74) is 3.33. The number of hydrogen-bond acceptors (Lipinski definition) is 5. The van der Waals surface area contributed by atoms with Crippen molar-refractivity contribution in [3.63, 3.8) is 0 Å². The van der Waals surface area contributed by atoms with Gasteiger partial charge in [0.2, 0.25) is 5.88 Å². The van der Waals surface area contributed by atoms with Gasteiger partial charge in [-0.2, -0.15) is 0 Å². The van der Waals surface area contributed by atoms with E-state index in [9.17, 15) is 14.7 Å². The number of aromatic amines is 2. The molecule has 2 aromatic heterocycles. The molecule has 0 bridgehead atoms. The number of nitrogens with one attached hydrogen (secondary N) is 2. The molecular formula is C32H32N4O4. The van der Waals surface area contributed by atoms with Crippen molar-refractivity contribution in [3.05, 3.63) is 122 Å². The van der Waals surface area contributed by atoms with E-state index < -0.39 is 17.1 Å². The van der Waals surface area contributed by atoms with E-state index >= 15 is 0 Å². The first-order valence-corrected chi connectivity index (χ1v) is 13.4. The Bertz CT molecular complexity index is 1760. The molecule has 3 N–H and O–H groups in total. The normalized spacial score (nSPS) is 11.7. The van der Waals surface area contributed by atoms with Gasteiger partial charge < -0.3 is 14.8 Å². The van der Waals surface area contributed by atoms with Crippen LogP contribution in [0.3, 0.4) is 0 Å². The number of fused-ring (bicyclic) bond motifs is 1. The number of hydrogen-bond donors (Lipinski definition) is 3. The Hall–Kier alpha value is -4.85. The van der Waals surface area contributed by atoms with Gasteiger partial charge >= 0.3 is 5.69 Å². The number of ether oxygens (including phenoxy) is 1. The number of nitrogens with zero attached hydrogens (tertiary/aromatic N) is 2. The van der Waals surface area contributed by atoms with Crippen LogP contribution in [-0.4, -0.2) is 39.0 Å². The minimum atomic E-state index is -0.749. The number of aryl methyl sites for hydroxylation is 1. The molecule has 0 saturated carbocycles. The van der Waals surface area contributed by atoms with Gasteiger partial charge in [-0.15, -0.1) is 0 Å². The Morgan fingerprint density at radius 2 is 1.77 bits per heavy atom. The maximum absolute atomic E-state index is 13.1. The highest BCUT2D eigenvalue weighted by atomic mass is 16.5. The van der Waals surface area contributed by atoms with Gasteiger partial charge in [-0.05, 0) is 66.8 Å². The van der Waals surface area contributed by atoms with Gasteiger partial charge in [0.15, 0.2) is 0 Å². The number of aliphatic imine (C=N–C) groups is 1. The van der Waals surface area contributed by atoms with Crippen molar-refractivity contribution in [2.24, 2.45) is 4.99 Å². The maximum Gasteiger partial charge on any atom is 0.335 e. The molecule has 0 aliphatic rings. The van der Waals surface area contributed by atoms with Crippen LogP contribution in [0.4, 0.5) is 0 Å². The predicted molar refractivity (Wildman–Crippen MR) is 158 cm³/mol. The van der Waals surface area contributed by atoms with E-state index in [4.69, 9.17) is 9.73 Å². The fourth-order valence-electron chi connectivity index (χ4n) is 4.88. The first-order valence-electron chi connectivity index (χ1n) is 13.4. The summed E-state index contributed by atoms with van der Waals surface area (Å²) in [6.45, 7) is 2.56. The van der Waals surface area contributed by atoms with Crippen LogP contribution in [-0.2, 0) is 12.8 Å². The molecule has 5 rings (SSSR count). The summed E-state index contributed by atoms with van der Waals surface area (Å²) < 4.78 is 6.26. The molecule has 5 aromatic rings. The maximum atomic E-state index is 13.1. The molecule has 204 valence electrons. The highest BCUT2D eigenvalue weighted by molar-refractivity contribution is 6.14. The molecule has 0 aliphatic carbocycles. The number of methoxy groups -OCH3 is 1. The summed E-state index contributed by atoms with van der Waals surface area (Å²) in [5, 5.41) is 12.5. The van der Waals surface area contributed by atoms with Crippen LogP contribution in [0.15, 0.2) is 93.6 Å². The molecule has 0 spiro atoms. The minimum absolute atomic E-state index is 0.0672. The fraction of sp³-hybridized carbons (Fsp3) is 0.219. The van der Waals surface area contributed by atoms with Crippen LogP contribution in [0, 0.1) is 0 Å². The van der Waals surface area contributed by atoms with Crippen molar-refractivity contribution in [2.75, 3.05) is 13.7 Å². The monoisotopic (exact) mass is 536 g/mol. The first-order chi connectivity index (χ1) is 19.5. The molecule has 2 heterocycles. The quantitative estimate of drug-likeness (QED) is 0.215. The molecule has 0 radical (unpaired) electrons. The van der Waals surface area contributed by atoms with Crippen LogP contribution in [0.1, 0.15) is 42.0 Å². The Kier molecular flexibility index (Phi) is 7.96. The third-order valence-corrected chi connectivity index (χ3v) is 7.00. The van der Waals surface area contributed by atoms with Crippen LogP contribution in [0.5, 0.6) is 11.6 Å². The van der Waals surface area contributed by atoms with E-state index in [-0.39, 0.29) is 5.56 Å². The fourth-order valence-corrected chi connectivity index (χ4v) is 4.88. The Morgan fingerprint density at radius 1 is 1.00 bits per heavy atom. The Labute approximate surface area is 231 Å². The number of rotatable bonds is 10. The van der Waals surface area contributed by atoms with Gasteiger partial charge in [0.05, 0.1) is 18.5 Å². The summed E-state index contributed by atoms with van der Waals surface area (Å²) in [4.78, 5) is 36.4. The molecule has 0 amide bonds. The SMILES string of the molecule is CCCCc1ccc2[nH]cc(CCN=C(c3ccccc3)c3c(O)n(-c4ccc(OC)cc4)c(=O)[nH]c3=O)c2c1. The van der Waals surface area contributed by atoms with Crippen molar-refractivity contribution >= 4 is 16.6 Å². The lowest BCUT2D eigenvalue weighted by atomic mass is 10.0. The second kappa shape index (κ2) is 11.9. The zero-order valence-corrected chi connectivity index (χ0v) is 22.6. The smallest absolute Gasteiger partial charge is 0.335 e. The molecule has 8 heteroatoms. The topological polar surface area (TPSA) is 112 Å². The molecular weight excluding hydrogens is 504 g/mol. The van der Waals surface area contributed by atoms with Gasteiger partial charge in [0.1, 0.15) is 11.3 Å². The molecule has 0 unspecified atom stereocenters. The highest BCUT2D eigenvalue weighted by Gasteiger charge is 2.21. The summed E-state index contributed by atoms with van der Waals surface area (Å²) in [7, 11) is 1.54. The standard InChI is InChI=1S/C32H32N4O4/c1-3-4-8-21-11-16-27-26(19-21)23(20-34-27)17-18-33-29(22-9-6-5-7-10-22)28-30(37)35-32(39)36(31(28)38)24-12-14-25(40-2)15-13-24/h5-7,9-16,19-20,34,38H,3-4,8,17-18H2,1-2H3,(H,35,37,39). The van der Waals surface area contributed by atoms with Crippen LogP contribution >= 0.6 is 0 Å². The third-order valence-electron chi connectivity index (χ3n) is 7.00. The number of aromatic nitrogens is 3. The van der Waals surface area contributed by atoms with Crippen molar-refractivity contribution in [1.29, 1.82) is 0 Å².